The maximum atomic E-state index is 12.9. The van der Waals surface area contributed by atoms with Gasteiger partial charge in [-0.1, -0.05) is 35.1 Å². The average Bonchev–Trinajstić information content (AvgIpc) is 3.30. The fraction of sp³-hybridized carbons (Fsp3) is 0.200. The number of benzene rings is 2. The predicted octanol–water partition coefficient (Wildman–Crippen LogP) is 5.95. The number of nitrogens with one attached hydrogen (secondary N) is 1. The Morgan fingerprint density at radius 2 is 1.67 bits per heavy atom. The number of hydrogen-bond donors (Lipinski definition) is 1. The van der Waals surface area contributed by atoms with Gasteiger partial charge < -0.3 is 5.32 Å². The zero-order chi connectivity index (χ0) is 23.7. The van der Waals surface area contributed by atoms with Crippen molar-refractivity contribution in [2.45, 2.75) is 34.1 Å². The minimum Gasteiger partial charge on any atom is -0.321 e. The molecule has 0 atom stereocenters. The monoisotopic (exact) mass is 478 g/mol. The van der Waals surface area contributed by atoms with Gasteiger partial charge in [-0.25, -0.2) is 9.67 Å². The zero-order valence-corrected chi connectivity index (χ0v) is 20.3. The van der Waals surface area contributed by atoms with Crippen LogP contribution in [0.3, 0.4) is 0 Å². The van der Waals surface area contributed by atoms with Crippen LogP contribution < -0.4 is 5.32 Å². The van der Waals surface area contributed by atoms with Crippen LogP contribution >= 0.6 is 22.9 Å². The molecule has 33 heavy (non-hydrogen) atoms. The number of carbonyl (C=O) groups excluding carboxylic acids is 2. The molecule has 2 aromatic heterocycles. The van der Waals surface area contributed by atoms with Crippen molar-refractivity contribution in [2.24, 2.45) is 0 Å². The molecule has 0 unspecified atom stereocenters. The number of aryl methyl sites for hydroxylation is 2. The summed E-state index contributed by atoms with van der Waals surface area (Å²) in [7, 11) is 0. The summed E-state index contributed by atoms with van der Waals surface area (Å²) in [5.41, 5.74) is 6.05. The number of thiazole rings is 1. The van der Waals surface area contributed by atoms with Crippen molar-refractivity contribution in [3.05, 3.63) is 92.2 Å². The quantitative estimate of drug-likeness (QED) is 0.347. The molecule has 2 heterocycles. The Balaban J connectivity index is 1.57. The van der Waals surface area contributed by atoms with Gasteiger partial charge in [0.1, 0.15) is 4.88 Å². The number of halogens is 1. The van der Waals surface area contributed by atoms with E-state index in [0.717, 1.165) is 28.9 Å². The highest BCUT2D eigenvalue weighted by Gasteiger charge is 2.20. The van der Waals surface area contributed by atoms with Crippen LogP contribution in [0.1, 0.15) is 55.2 Å². The van der Waals surface area contributed by atoms with Crippen LogP contribution in [0, 0.1) is 20.8 Å². The summed E-state index contributed by atoms with van der Waals surface area (Å²) in [6.07, 6.45) is 0.739. The second kappa shape index (κ2) is 9.29. The van der Waals surface area contributed by atoms with E-state index >= 15 is 0 Å². The molecule has 0 radical (unpaired) electrons. The summed E-state index contributed by atoms with van der Waals surface area (Å²) in [4.78, 5) is 29.5. The zero-order valence-electron chi connectivity index (χ0n) is 18.8. The van der Waals surface area contributed by atoms with E-state index < -0.39 is 0 Å². The Hall–Kier alpha value is -3.29. The number of aromatic nitrogens is 3. The highest BCUT2D eigenvalue weighted by Crippen LogP contribution is 2.27. The van der Waals surface area contributed by atoms with Crippen molar-refractivity contribution in [3.8, 4) is 5.13 Å². The Morgan fingerprint density at radius 3 is 2.30 bits per heavy atom. The van der Waals surface area contributed by atoms with Gasteiger partial charge in [0.05, 0.1) is 11.4 Å². The van der Waals surface area contributed by atoms with Crippen molar-refractivity contribution in [2.75, 3.05) is 5.32 Å². The standard InChI is InChI=1S/C25H23ClN4O2S/c1-14-22(13-18-5-9-20(26)10-6-18)16(3)30(29-14)25-27-15(2)23(33-25)24(32)28-21-11-7-19(8-12-21)17(4)31/h5-12H,13H2,1-4H3,(H,28,32). The highest BCUT2D eigenvalue weighted by atomic mass is 35.5. The molecule has 0 spiro atoms. The third-order valence-electron chi connectivity index (χ3n) is 5.46. The largest absolute Gasteiger partial charge is 0.321 e. The van der Waals surface area contributed by atoms with E-state index in [1.807, 2.05) is 45.0 Å². The van der Waals surface area contributed by atoms with Gasteiger partial charge >= 0.3 is 0 Å². The number of amides is 1. The number of carbonyl (C=O) groups is 2. The number of hydrogen-bond acceptors (Lipinski definition) is 5. The molecular formula is C25H23ClN4O2S. The van der Waals surface area contributed by atoms with Crippen LogP contribution in [-0.4, -0.2) is 26.5 Å². The van der Waals surface area contributed by atoms with Crippen LogP contribution in [0.2, 0.25) is 5.02 Å². The Bertz CT molecular complexity index is 1340. The molecule has 0 bridgehead atoms. The van der Waals surface area contributed by atoms with Crippen molar-refractivity contribution in [3.63, 3.8) is 0 Å². The molecule has 6 nitrogen and oxygen atoms in total. The van der Waals surface area contributed by atoms with Gasteiger partial charge in [-0.2, -0.15) is 5.10 Å². The number of ketones is 1. The minimum absolute atomic E-state index is 0.0175. The SMILES string of the molecule is CC(=O)c1ccc(NC(=O)c2sc(-n3nc(C)c(Cc4ccc(Cl)cc4)c3C)nc2C)cc1. The number of anilines is 1. The van der Waals surface area contributed by atoms with E-state index in [1.54, 1.807) is 28.9 Å². The van der Waals surface area contributed by atoms with Crippen LogP contribution in [0.4, 0.5) is 5.69 Å². The number of rotatable bonds is 6. The molecule has 1 N–H and O–H groups in total. The van der Waals surface area contributed by atoms with Crippen LogP contribution in [0.15, 0.2) is 48.5 Å². The van der Waals surface area contributed by atoms with Crippen molar-refractivity contribution >= 4 is 40.3 Å². The normalized spacial score (nSPS) is 10.9. The third-order valence-corrected chi connectivity index (χ3v) is 6.84. The smallest absolute Gasteiger partial charge is 0.267 e. The lowest BCUT2D eigenvalue weighted by molar-refractivity contribution is 0.101. The molecule has 0 aliphatic carbocycles. The van der Waals surface area contributed by atoms with Gasteiger partial charge in [0.25, 0.3) is 5.91 Å². The van der Waals surface area contributed by atoms with Gasteiger partial charge in [0, 0.05) is 34.0 Å². The molecule has 2 aromatic carbocycles. The maximum Gasteiger partial charge on any atom is 0.267 e. The summed E-state index contributed by atoms with van der Waals surface area (Å²) in [5, 5.41) is 8.93. The number of Topliss-reactive ketones (excluding diaryl/α,β-unsaturated/α-hetero) is 1. The van der Waals surface area contributed by atoms with Crippen LogP contribution in [0.5, 0.6) is 0 Å². The van der Waals surface area contributed by atoms with Gasteiger partial charge in [0.2, 0.25) is 5.13 Å². The first kappa shape index (κ1) is 22.9. The van der Waals surface area contributed by atoms with Gasteiger partial charge in [-0.3, -0.25) is 9.59 Å². The van der Waals surface area contributed by atoms with E-state index in [2.05, 4.69) is 10.3 Å². The van der Waals surface area contributed by atoms with Crippen molar-refractivity contribution < 1.29 is 9.59 Å². The average molecular weight is 479 g/mol. The maximum absolute atomic E-state index is 12.9. The molecule has 0 fully saturated rings. The Labute approximate surface area is 201 Å². The van der Waals surface area contributed by atoms with Gasteiger partial charge in [0.15, 0.2) is 5.78 Å². The Morgan fingerprint density at radius 1 is 1.00 bits per heavy atom. The molecular weight excluding hydrogens is 456 g/mol. The van der Waals surface area contributed by atoms with Crippen molar-refractivity contribution in [1.29, 1.82) is 0 Å². The van der Waals surface area contributed by atoms with Gasteiger partial charge in [-0.05, 0) is 69.7 Å². The molecule has 168 valence electrons. The molecule has 4 rings (SSSR count). The lowest BCUT2D eigenvalue weighted by Gasteiger charge is -2.05. The minimum atomic E-state index is -0.241. The molecule has 4 aromatic rings. The molecule has 0 aliphatic heterocycles. The summed E-state index contributed by atoms with van der Waals surface area (Å²) in [5.74, 6) is -0.258. The van der Waals surface area contributed by atoms with E-state index in [0.29, 0.717) is 32.0 Å². The lowest BCUT2D eigenvalue weighted by Crippen LogP contribution is -2.11. The first-order valence-corrected chi connectivity index (χ1v) is 11.6. The first-order valence-electron chi connectivity index (χ1n) is 10.4. The van der Waals surface area contributed by atoms with Gasteiger partial charge in [-0.15, -0.1) is 0 Å². The van der Waals surface area contributed by atoms with E-state index in [4.69, 9.17) is 16.7 Å². The third kappa shape index (κ3) is 4.89. The van der Waals surface area contributed by atoms with Crippen molar-refractivity contribution in [1.82, 2.24) is 14.8 Å². The molecule has 0 aliphatic rings. The molecule has 8 heteroatoms. The molecule has 1 amide bonds. The first-order chi connectivity index (χ1) is 15.7. The summed E-state index contributed by atoms with van der Waals surface area (Å²) < 4.78 is 1.80. The van der Waals surface area contributed by atoms with Crippen LogP contribution in [0.25, 0.3) is 5.13 Å². The van der Waals surface area contributed by atoms with Crippen LogP contribution in [-0.2, 0) is 6.42 Å². The Kier molecular flexibility index (Phi) is 6.44. The van der Waals surface area contributed by atoms with E-state index in [1.165, 1.54) is 18.3 Å². The van der Waals surface area contributed by atoms with E-state index in [-0.39, 0.29) is 11.7 Å². The fourth-order valence-electron chi connectivity index (χ4n) is 3.58. The predicted molar refractivity (Wildman–Crippen MR) is 132 cm³/mol. The van der Waals surface area contributed by atoms with E-state index in [9.17, 15) is 9.59 Å². The molecule has 0 saturated carbocycles. The summed E-state index contributed by atoms with van der Waals surface area (Å²) in [6, 6.07) is 14.6. The second-order valence-corrected chi connectivity index (χ2v) is 9.28. The summed E-state index contributed by atoms with van der Waals surface area (Å²) >= 11 is 7.30. The topological polar surface area (TPSA) is 76.9 Å². The fourth-order valence-corrected chi connectivity index (χ4v) is 4.68. The molecule has 0 saturated heterocycles. The second-order valence-electron chi connectivity index (χ2n) is 7.86. The number of nitrogens with zero attached hydrogens (tertiary/aromatic N) is 3. The lowest BCUT2D eigenvalue weighted by atomic mass is 10.0. The highest BCUT2D eigenvalue weighted by molar-refractivity contribution is 7.16. The summed E-state index contributed by atoms with van der Waals surface area (Å²) in [6.45, 7) is 7.32.